The molecule has 1 aliphatic rings. The zero-order valence-corrected chi connectivity index (χ0v) is 16.1. The van der Waals surface area contributed by atoms with Crippen LogP contribution in [0.15, 0.2) is 47.5 Å². The summed E-state index contributed by atoms with van der Waals surface area (Å²) in [7, 11) is 3.63. The lowest BCUT2D eigenvalue weighted by molar-refractivity contribution is 0.0714. The highest BCUT2D eigenvalue weighted by Gasteiger charge is 2.27. The Labute approximate surface area is 158 Å². The first kappa shape index (κ1) is 17.6. The number of rotatable bonds is 2. The van der Waals surface area contributed by atoms with E-state index in [1.807, 2.05) is 41.9 Å². The van der Waals surface area contributed by atoms with Crippen molar-refractivity contribution in [3.05, 3.63) is 69.8 Å². The summed E-state index contributed by atoms with van der Waals surface area (Å²) in [5.74, 6) is 0.465. The highest BCUT2D eigenvalue weighted by molar-refractivity contribution is 6.07. The number of fused-ring (bicyclic) bond motifs is 1. The van der Waals surface area contributed by atoms with Crippen molar-refractivity contribution in [1.82, 2.24) is 14.0 Å². The second-order valence-corrected chi connectivity index (χ2v) is 7.58. The molecule has 5 heteroatoms. The molecule has 1 saturated heterocycles. The normalized spacial score (nSPS) is 15.4. The van der Waals surface area contributed by atoms with E-state index in [4.69, 9.17) is 0 Å². The van der Waals surface area contributed by atoms with E-state index in [0.717, 1.165) is 37.0 Å². The zero-order chi connectivity index (χ0) is 19.1. The third-order valence-electron chi connectivity index (χ3n) is 5.76. The molecule has 3 heterocycles. The number of hydrogen-bond acceptors (Lipinski definition) is 2. The Bertz CT molecular complexity index is 1050. The van der Waals surface area contributed by atoms with Gasteiger partial charge < -0.3 is 14.0 Å². The molecule has 0 unspecified atom stereocenters. The molecule has 1 aliphatic heterocycles. The minimum absolute atomic E-state index is 0.0326. The highest BCUT2D eigenvalue weighted by Crippen LogP contribution is 2.29. The average Bonchev–Trinajstić information content (AvgIpc) is 3.04. The van der Waals surface area contributed by atoms with Crippen molar-refractivity contribution in [2.45, 2.75) is 25.7 Å². The first-order valence-electron chi connectivity index (χ1n) is 9.47. The van der Waals surface area contributed by atoms with Gasteiger partial charge in [0, 0.05) is 39.6 Å². The molecular formula is C22H25N3O2. The van der Waals surface area contributed by atoms with Gasteiger partial charge in [-0.1, -0.05) is 30.3 Å². The van der Waals surface area contributed by atoms with E-state index in [9.17, 15) is 9.59 Å². The number of carbonyl (C=O) groups excluding carboxylic acids is 1. The van der Waals surface area contributed by atoms with Crippen molar-refractivity contribution in [3.8, 4) is 0 Å². The van der Waals surface area contributed by atoms with E-state index in [0.29, 0.717) is 16.9 Å². The molecule has 27 heavy (non-hydrogen) atoms. The number of aromatic nitrogens is 2. The Balaban J connectivity index is 1.62. The molecule has 5 nitrogen and oxygen atoms in total. The Hall–Kier alpha value is -2.82. The summed E-state index contributed by atoms with van der Waals surface area (Å²) in [6, 6.07) is 10.5. The third-order valence-corrected chi connectivity index (χ3v) is 5.76. The van der Waals surface area contributed by atoms with Crippen LogP contribution in [-0.2, 0) is 14.1 Å². The molecule has 2 aromatic heterocycles. The molecule has 0 bridgehead atoms. The van der Waals surface area contributed by atoms with E-state index in [-0.39, 0.29) is 11.5 Å². The molecule has 0 atom stereocenters. The number of pyridine rings is 1. The van der Waals surface area contributed by atoms with Crippen molar-refractivity contribution < 1.29 is 4.79 Å². The van der Waals surface area contributed by atoms with Crippen LogP contribution in [-0.4, -0.2) is 33.0 Å². The van der Waals surface area contributed by atoms with Gasteiger partial charge in [0.2, 0.25) is 0 Å². The van der Waals surface area contributed by atoms with Crippen molar-refractivity contribution in [1.29, 1.82) is 0 Å². The lowest BCUT2D eigenvalue weighted by Gasteiger charge is -2.32. The second kappa shape index (κ2) is 6.72. The van der Waals surface area contributed by atoms with Gasteiger partial charge in [-0.15, -0.1) is 0 Å². The SMILES string of the molecule is Cc1cn(C)c(=O)c2c(C(=O)N3CCC(c4ccccc4)CC3)cn(C)c12. The first-order valence-corrected chi connectivity index (χ1v) is 9.47. The number of hydrogen-bond donors (Lipinski definition) is 0. The molecule has 3 aromatic rings. The molecule has 1 fully saturated rings. The van der Waals surface area contributed by atoms with Gasteiger partial charge in [-0.25, -0.2) is 0 Å². The average molecular weight is 363 g/mol. The van der Waals surface area contributed by atoms with Crippen LogP contribution in [0.25, 0.3) is 10.9 Å². The van der Waals surface area contributed by atoms with E-state index < -0.39 is 0 Å². The Morgan fingerprint density at radius 2 is 1.67 bits per heavy atom. The molecule has 0 spiro atoms. The van der Waals surface area contributed by atoms with Crippen LogP contribution in [0.5, 0.6) is 0 Å². The van der Waals surface area contributed by atoms with Gasteiger partial charge in [-0.2, -0.15) is 0 Å². The summed E-state index contributed by atoms with van der Waals surface area (Å²) >= 11 is 0. The molecule has 0 saturated carbocycles. The predicted octanol–water partition coefficient (Wildman–Crippen LogP) is 3.21. The maximum atomic E-state index is 13.2. The summed E-state index contributed by atoms with van der Waals surface area (Å²) in [6.45, 7) is 3.42. The van der Waals surface area contributed by atoms with Gasteiger partial charge in [0.15, 0.2) is 0 Å². The van der Waals surface area contributed by atoms with Crippen LogP contribution in [0.3, 0.4) is 0 Å². The summed E-state index contributed by atoms with van der Waals surface area (Å²) in [4.78, 5) is 27.8. The van der Waals surface area contributed by atoms with Crippen molar-refractivity contribution in [3.63, 3.8) is 0 Å². The van der Waals surface area contributed by atoms with Crippen molar-refractivity contribution >= 4 is 16.8 Å². The molecule has 0 aliphatic carbocycles. The minimum atomic E-state index is -0.112. The van der Waals surface area contributed by atoms with Crippen LogP contribution >= 0.6 is 0 Å². The van der Waals surface area contributed by atoms with Gasteiger partial charge in [0.05, 0.1) is 16.5 Å². The Morgan fingerprint density at radius 1 is 1.00 bits per heavy atom. The molecule has 0 radical (unpaired) electrons. The Morgan fingerprint density at radius 3 is 2.33 bits per heavy atom. The van der Waals surface area contributed by atoms with Crippen LogP contribution in [0.1, 0.15) is 40.2 Å². The molecular weight excluding hydrogens is 338 g/mol. The second-order valence-electron chi connectivity index (χ2n) is 7.58. The maximum absolute atomic E-state index is 13.2. The fourth-order valence-electron chi connectivity index (χ4n) is 4.38. The van der Waals surface area contributed by atoms with Crippen LogP contribution in [0, 0.1) is 6.92 Å². The number of likely N-dealkylation sites (tertiary alicyclic amines) is 1. The van der Waals surface area contributed by atoms with E-state index >= 15 is 0 Å². The number of carbonyl (C=O) groups is 1. The Kier molecular flexibility index (Phi) is 4.38. The summed E-state index contributed by atoms with van der Waals surface area (Å²) < 4.78 is 3.46. The maximum Gasteiger partial charge on any atom is 0.260 e. The smallest absolute Gasteiger partial charge is 0.260 e. The van der Waals surface area contributed by atoms with E-state index in [1.165, 1.54) is 5.56 Å². The van der Waals surface area contributed by atoms with Crippen LogP contribution in [0.2, 0.25) is 0 Å². The summed E-state index contributed by atoms with van der Waals surface area (Å²) in [5, 5.41) is 0.537. The quantitative estimate of drug-likeness (QED) is 0.702. The minimum Gasteiger partial charge on any atom is -0.349 e. The van der Waals surface area contributed by atoms with E-state index in [2.05, 4.69) is 24.3 Å². The highest BCUT2D eigenvalue weighted by atomic mass is 16.2. The van der Waals surface area contributed by atoms with Gasteiger partial charge >= 0.3 is 0 Å². The lowest BCUT2D eigenvalue weighted by atomic mass is 9.89. The topological polar surface area (TPSA) is 47.2 Å². The predicted molar refractivity (Wildman–Crippen MR) is 107 cm³/mol. The van der Waals surface area contributed by atoms with E-state index in [1.54, 1.807) is 11.6 Å². The largest absolute Gasteiger partial charge is 0.349 e. The number of nitrogens with zero attached hydrogens (tertiary/aromatic N) is 3. The molecule has 4 rings (SSSR count). The number of amides is 1. The lowest BCUT2D eigenvalue weighted by Crippen LogP contribution is -2.38. The summed E-state index contributed by atoms with van der Waals surface area (Å²) in [5.41, 5.74) is 3.60. The molecule has 0 N–H and O–H groups in total. The standard InChI is InChI=1S/C22H25N3O2/c1-15-13-24(3)22(27)19-18(14-23(2)20(15)19)21(26)25-11-9-17(10-12-25)16-7-5-4-6-8-16/h4-8,13-14,17H,9-12H2,1-3H3. The molecule has 1 amide bonds. The summed E-state index contributed by atoms with van der Waals surface area (Å²) in [6.07, 6.45) is 5.55. The zero-order valence-electron chi connectivity index (χ0n) is 16.1. The monoisotopic (exact) mass is 363 g/mol. The number of piperidine rings is 1. The van der Waals surface area contributed by atoms with Gasteiger partial charge in [0.1, 0.15) is 0 Å². The van der Waals surface area contributed by atoms with Gasteiger partial charge in [-0.3, -0.25) is 9.59 Å². The fraction of sp³-hybridized carbons (Fsp3) is 0.364. The third kappa shape index (κ3) is 2.97. The number of aryl methyl sites for hydroxylation is 3. The fourth-order valence-corrected chi connectivity index (χ4v) is 4.38. The van der Waals surface area contributed by atoms with Gasteiger partial charge in [-0.05, 0) is 36.8 Å². The van der Waals surface area contributed by atoms with Crippen molar-refractivity contribution in [2.24, 2.45) is 14.1 Å². The van der Waals surface area contributed by atoms with Gasteiger partial charge in [0.25, 0.3) is 11.5 Å². The molecule has 140 valence electrons. The first-order chi connectivity index (χ1) is 13.0. The van der Waals surface area contributed by atoms with Crippen LogP contribution < -0.4 is 5.56 Å². The molecule has 1 aromatic carbocycles. The number of benzene rings is 1. The van der Waals surface area contributed by atoms with Crippen molar-refractivity contribution in [2.75, 3.05) is 13.1 Å². The van der Waals surface area contributed by atoms with Crippen LogP contribution in [0.4, 0.5) is 0 Å².